The van der Waals surface area contributed by atoms with Crippen LogP contribution in [0.25, 0.3) is 0 Å². The average Bonchev–Trinajstić information content (AvgIpc) is 3.03. The molecule has 0 saturated carbocycles. The van der Waals surface area contributed by atoms with Crippen molar-refractivity contribution in [1.29, 1.82) is 0 Å². The average molecular weight is 316 g/mol. The van der Waals surface area contributed by atoms with Gasteiger partial charge in [-0.15, -0.1) is 24.3 Å². The molecular formula is C12H11N2O2Ru+. The molecule has 0 saturated heterocycles. The van der Waals surface area contributed by atoms with E-state index < -0.39 is 0 Å². The molecule has 0 radical (unpaired) electrons. The molecule has 0 N–H and O–H groups in total. The molecule has 1 aromatic rings. The van der Waals surface area contributed by atoms with Crippen molar-refractivity contribution < 1.29 is 29.0 Å². The number of rotatable bonds is 2. The van der Waals surface area contributed by atoms with Crippen molar-refractivity contribution in [2.24, 2.45) is 9.98 Å². The fourth-order valence-corrected chi connectivity index (χ4v) is 1.78. The maximum Gasteiger partial charge on any atom is 2.00 e. The summed E-state index contributed by atoms with van der Waals surface area (Å²) in [6.07, 6.45) is 0. The van der Waals surface area contributed by atoms with E-state index in [2.05, 4.69) is 16.1 Å². The molecule has 0 bridgehead atoms. The van der Waals surface area contributed by atoms with E-state index in [4.69, 9.17) is 9.47 Å². The maximum atomic E-state index is 5.46. The SMILES string of the molecule is [Ru+2].[c-]1cccc(C2=NCCO2)c1C1=NCCO1. The van der Waals surface area contributed by atoms with Crippen LogP contribution in [0.15, 0.2) is 28.2 Å². The van der Waals surface area contributed by atoms with Gasteiger partial charge >= 0.3 is 19.5 Å². The van der Waals surface area contributed by atoms with Gasteiger partial charge in [-0.25, -0.2) is 0 Å². The molecule has 5 heteroatoms. The van der Waals surface area contributed by atoms with Gasteiger partial charge in [-0.2, -0.15) is 0 Å². The second-order valence-electron chi connectivity index (χ2n) is 3.53. The summed E-state index contributed by atoms with van der Waals surface area (Å²) >= 11 is 0. The molecule has 0 atom stereocenters. The number of benzene rings is 1. The minimum absolute atomic E-state index is 0. The molecule has 17 heavy (non-hydrogen) atoms. The molecule has 1 aromatic carbocycles. The third kappa shape index (κ3) is 2.39. The predicted octanol–water partition coefficient (Wildman–Crippen LogP) is 1.04. The van der Waals surface area contributed by atoms with E-state index in [9.17, 15) is 0 Å². The van der Waals surface area contributed by atoms with Crippen LogP contribution in [0.2, 0.25) is 0 Å². The summed E-state index contributed by atoms with van der Waals surface area (Å²) in [6, 6.07) is 8.86. The van der Waals surface area contributed by atoms with Gasteiger partial charge in [0.2, 0.25) is 0 Å². The Balaban J connectivity index is 0.00000108. The summed E-state index contributed by atoms with van der Waals surface area (Å²) in [5.41, 5.74) is 1.77. The number of nitrogens with zero attached hydrogens (tertiary/aromatic N) is 2. The first-order valence-electron chi connectivity index (χ1n) is 5.31. The van der Waals surface area contributed by atoms with Gasteiger partial charge in [0.05, 0.1) is 19.7 Å². The number of aliphatic imine (C=N–C) groups is 2. The largest absolute Gasteiger partial charge is 2.00 e. The third-order valence-corrected chi connectivity index (χ3v) is 2.47. The Morgan fingerprint density at radius 3 is 2.41 bits per heavy atom. The van der Waals surface area contributed by atoms with Crippen LogP contribution in [-0.4, -0.2) is 38.1 Å². The topological polar surface area (TPSA) is 43.2 Å². The molecule has 2 aliphatic heterocycles. The molecule has 3 rings (SSSR count). The van der Waals surface area contributed by atoms with Crippen molar-refractivity contribution in [1.82, 2.24) is 0 Å². The Bertz CT molecular complexity index is 428. The van der Waals surface area contributed by atoms with Gasteiger partial charge in [0.15, 0.2) is 5.90 Å². The van der Waals surface area contributed by atoms with E-state index in [1.807, 2.05) is 18.2 Å². The summed E-state index contributed by atoms with van der Waals surface area (Å²) < 4.78 is 10.9. The van der Waals surface area contributed by atoms with Crippen LogP contribution < -0.4 is 0 Å². The molecule has 0 fully saturated rings. The van der Waals surface area contributed by atoms with Gasteiger partial charge in [-0.05, 0) is 5.56 Å². The van der Waals surface area contributed by atoms with Gasteiger partial charge in [0, 0.05) is 0 Å². The van der Waals surface area contributed by atoms with Crippen LogP contribution in [0.5, 0.6) is 0 Å². The second kappa shape index (κ2) is 5.41. The van der Waals surface area contributed by atoms with Crippen LogP contribution in [0.1, 0.15) is 11.1 Å². The molecule has 2 aliphatic rings. The van der Waals surface area contributed by atoms with Crippen molar-refractivity contribution in [3.8, 4) is 0 Å². The minimum Gasteiger partial charge on any atom is -0.518 e. The normalized spacial score (nSPS) is 17.6. The molecule has 0 spiro atoms. The molecule has 2 heterocycles. The fourth-order valence-electron chi connectivity index (χ4n) is 1.78. The van der Waals surface area contributed by atoms with Gasteiger partial charge < -0.3 is 9.47 Å². The molecule has 4 nitrogen and oxygen atoms in total. The second-order valence-corrected chi connectivity index (χ2v) is 3.53. The first kappa shape index (κ1) is 12.2. The summed E-state index contributed by atoms with van der Waals surface area (Å²) in [5.74, 6) is 1.32. The summed E-state index contributed by atoms with van der Waals surface area (Å²) in [6.45, 7) is 2.73. The van der Waals surface area contributed by atoms with Crippen LogP contribution in [0.4, 0.5) is 0 Å². The van der Waals surface area contributed by atoms with E-state index in [0.717, 1.165) is 17.7 Å². The summed E-state index contributed by atoms with van der Waals surface area (Å²) in [5, 5.41) is 0. The zero-order chi connectivity index (χ0) is 10.8. The zero-order valence-corrected chi connectivity index (χ0v) is 10.9. The van der Waals surface area contributed by atoms with E-state index >= 15 is 0 Å². The van der Waals surface area contributed by atoms with Crippen molar-refractivity contribution in [3.05, 3.63) is 35.4 Å². The number of hydrogen-bond donors (Lipinski definition) is 0. The van der Waals surface area contributed by atoms with Gasteiger partial charge in [0.1, 0.15) is 12.5 Å². The third-order valence-electron chi connectivity index (χ3n) is 2.47. The molecule has 0 unspecified atom stereocenters. The van der Waals surface area contributed by atoms with Crippen molar-refractivity contribution in [2.45, 2.75) is 0 Å². The van der Waals surface area contributed by atoms with E-state index in [0.29, 0.717) is 31.6 Å². The monoisotopic (exact) mass is 317 g/mol. The predicted molar refractivity (Wildman–Crippen MR) is 60.0 cm³/mol. The number of ether oxygens (including phenoxy) is 2. The van der Waals surface area contributed by atoms with E-state index in [1.165, 1.54) is 0 Å². The van der Waals surface area contributed by atoms with Crippen molar-refractivity contribution in [2.75, 3.05) is 26.3 Å². The first-order valence-corrected chi connectivity index (χ1v) is 5.31. The fraction of sp³-hybridized carbons (Fsp3) is 0.333. The van der Waals surface area contributed by atoms with Crippen LogP contribution in [-0.2, 0) is 29.0 Å². The van der Waals surface area contributed by atoms with Gasteiger partial charge in [-0.1, -0.05) is 5.56 Å². The Morgan fingerprint density at radius 2 is 1.76 bits per heavy atom. The standard InChI is InChI=1S/C12H11N2O2.Ru/c1-2-4-10(12-14-6-8-16-12)9(3-1)11-13-5-7-15-11;/h1-3H,5-8H2;/q-1;+2. The molecule has 0 amide bonds. The smallest absolute Gasteiger partial charge is 0.518 e. The first-order chi connectivity index (χ1) is 7.95. The van der Waals surface area contributed by atoms with E-state index in [1.54, 1.807) is 0 Å². The van der Waals surface area contributed by atoms with E-state index in [-0.39, 0.29) is 19.5 Å². The van der Waals surface area contributed by atoms with Gasteiger partial charge in [0.25, 0.3) is 0 Å². The maximum absolute atomic E-state index is 5.46. The zero-order valence-electron chi connectivity index (χ0n) is 9.12. The Kier molecular flexibility index (Phi) is 3.90. The summed E-state index contributed by atoms with van der Waals surface area (Å²) in [7, 11) is 0. The van der Waals surface area contributed by atoms with Crippen LogP contribution >= 0.6 is 0 Å². The van der Waals surface area contributed by atoms with Crippen LogP contribution in [0, 0.1) is 6.07 Å². The van der Waals surface area contributed by atoms with Crippen molar-refractivity contribution >= 4 is 11.8 Å². The Hall–Kier alpha value is -1.22. The van der Waals surface area contributed by atoms with Crippen LogP contribution in [0.3, 0.4) is 0 Å². The quantitative estimate of drug-likeness (QED) is 0.604. The molecule has 0 aromatic heterocycles. The van der Waals surface area contributed by atoms with Crippen molar-refractivity contribution in [3.63, 3.8) is 0 Å². The van der Waals surface area contributed by atoms with Gasteiger partial charge in [-0.3, -0.25) is 9.98 Å². The Morgan fingerprint density at radius 1 is 1.06 bits per heavy atom. The molecular weight excluding hydrogens is 305 g/mol. The number of hydrogen-bond acceptors (Lipinski definition) is 4. The molecule has 88 valence electrons. The molecule has 0 aliphatic carbocycles. The minimum atomic E-state index is 0. The Labute approximate surface area is 113 Å². The summed E-state index contributed by atoms with van der Waals surface area (Å²) in [4.78, 5) is 8.59.